The second-order valence-electron chi connectivity index (χ2n) is 5.62. The van der Waals surface area contributed by atoms with E-state index in [4.69, 9.17) is 26.8 Å². The van der Waals surface area contributed by atoms with Crippen LogP contribution in [0.15, 0.2) is 42.5 Å². The molecule has 24 heavy (non-hydrogen) atoms. The zero-order valence-corrected chi connectivity index (χ0v) is 13.9. The van der Waals surface area contributed by atoms with Crippen molar-refractivity contribution in [3.8, 4) is 11.5 Å². The van der Waals surface area contributed by atoms with Gasteiger partial charge in [0.05, 0.1) is 11.1 Å². The van der Waals surface area contributed by atoms with E-state index in [-0.39, 0.29) is 5.91 Å². The minimum absolute atomic E-state index is 0.204. The lowest BCUT2D eigenvalue weighted by molar-refractivity contribution is -0.122. The molecule has 0 fully saturated rings. The summed E-state index contributed by atoms with van der Waals surface area (Å²) in [7, 11) is 0. The minimum atomic E-state index is -0.597. The van der Waals surface area contributed by atoms with Crippen LogP contribution in [-0.4, -0.2) is 25.2 Å². The van der Waals surface area contributed by atoms with Crippen LogP contribution in [0.5, 0.6) is 11.5 Å². The average Bonchev–Trinajstić information content (AvgIpc) is 2.60. The molecule has 0 spiro atoms. The molecule has 0 radical (unpaired) electrons. The Morgan fingerprint density at radius 3 is 2.71 bits per heavy atom. The van der Waals surface area contributed by atoms with Crippen LogP contribution >= 0.6 is 11.6 Å². The molecule has 5 nitrogen and oxygen atoms in total. The Morgan fingerprint density at radius 1 is 1.17 bits per heavy atom. The molecule has 3 rings (SSSR count). The van der Waals surface area contributed by atoms with Crippen LogP contribution in [0, 0.1) is 0 Å². The molecular formula is C18H19ClN2O3. The summed E-state index contributed by atoms with van der Waals surface area (Å²) in [6, 6.07) is 12.7. The van der Waals surface area contributed by atoms with Gasteiger partial charge in [-0.1, -0.05) is 41.9 Å². The van der Waals surface area contributed by atoms with Gasteiger partial charge in [0.15, 0.2) is 11.5 Å². The average molecular weight is 347 g/mol. The molecule has 1 amide bonds. The van der Waals surface area contributed by atoms with Crippen molar-refractivity contribution in [1.29, 1.82) is 0 Å². The van der Waals surface area contributed by atoms with Crippen LogP contribution in [0.2, 0.25) is 5.02 Å². The summed E-state index contributed by atoms with van der Waals surface area (Å²) in [5.41, 5.74) is 7.84. The maximum absolute atomic E-state index is 12.2. The summed E-state index contributed by atoms with van der Waals surface area (Å²) in [5.74, 6) is 0.954. The normalized spacial score (nSPS) is 14.1. The highest BCUT2D eigenvalue weighted by Gasteiger charge is 2.18. The molecule has 1 atom stereocenters. The number of carbonyl (C=O) groups excluding carboxylic acids is 1. The number of nitrogens with two attached hydrogens (primary N) is 1. The summed E-state index contributed by atoms with van der Waals surface area (Å²) in [4.78, 5) is 12.2. The molecular weight excluding hydrogens is 328 g/mol. The van der Waals surface area contributed by atoms with E-state index in [0.717, 1.165) is 11.1 Å². The molecule has 0 unspecified atom stereocenters. The zero-order valence-electron chi connectivity index (χ0n) is 13.1. The molecule has 0 saturated heterocycles. The second kappa shape index (κ2) is 7.55. The fraction of sp³-hybridized carbons (Fsp3) is 0.278. The Bertz CT molecular complexity index is 722. The summed E-state index contributed by atoms with van der Waals surface area (Å²) in [5, 5.41) is 3.31. The summed E-state index contributed by atoms with van der Waals surface area (Å²) in [6.45, 7) is 1.30. The standard InChI is InChI=1S/C18H19ClN2O3/c19-14-8-13(10-16-17(14)24-7-6-23-16)11-21-18(22)15(20)9-12-4-2-1-3-5-12/h1-5,8,10,15H,6-7,9,11,20H2,(H,21,22)/t15-/m0/s1. The first kappa shape index (κ1) is 16.6. The first-order valence-electron chi connectivity index (χ1n) is 7.79. The molecule has 0 bridgehead atoms. The van der Waals surface area contributed by atoms with E-state index in [9.17, 15) is 4.79 Å². The molecule has 0 saturated carbocycles. The molecule has 0 aliphatic carbocycles. The van der Waals surface area contributed by atoms with Gasteiger partial charge >= 0.3 is 0 Å². The maximum atomic E-state index is 12.2. The van der Waals surface area contributed by atoms with Crippen LogP contribution < -0.4 is 20.5 Å². The third-order valence-corrected chi connectivity index (χ3v) is 4.04. The van der Waals surface area contributed by atoms with Gasteiger partial charge in [0.2, 0.25) is 5.91 Å². The largest absolute Gasteiger partial charge is 0.486 e. The Hall–Kier alpha value is -2.24. The van der Waals surface area contributed by atoms with Crippen LogP contribution in [0.4, 0.5) is 0 Å². The van der Waals surface area contributed by atoms with Gasteiger partial charge in [0.1, 0.15) is 13.2 Å². The SMILES string of the molecule is N[C@@H](Cc1ccccc1)C(=O)NCc1cc(Cl)c2c(c1)OCCO2. The predicted molar refractivity (Wildman–Crippen MR) is 92.4 cm³/mol. The van der Waals surface area contributed by atoms with Gasteiger partial charge < -0.3 is 20.5 Å². The number of amides is 1. The van der Waals surface area contributed by atoms with Crippen LogP contribution in [0.1, 0.15) is 11.1 Å². The predicted octanol–water partition coefficient (Wildman–Crippen LogP) is 2.30. The fourth-order valence-electron chi connectivity index (χ4n) is 2.55. The molecule has 1 aliphatic rings. The number of fused-ring (bicyclic) bond motifs is 1. The molecule has 3 N–H and O–H groups in total. The highest BCUT2D eigenvalue weighted by molar-refractivity contribution is 6.32. The van der Waals surface area contributed by atoms with Gasteiger partial charge in [0, 0.05) is 6.54 Å². The monoisotopic (exact) mass is 346 g/mol. The first-order chi connectivity index (χ1) is 11.6. The van der Waals surface area contributed by atoms with Gasteiger partial charge in [-0.3, -0.25) is 4.79 Å². The molecule has 0 aromatic heterocycles. The van der Waals surface area contributed by atoms with Crippen molar-refractivity contribution in [2.75, 3.05) is 13.2 Å². The van der Waals surface area contributed by atoms with E-state index < -0.39 is 6.04 Å². The zero-order chi connectivity index (χ0) is 16.9. The van der Waals surface area contributed by atoms with Gasteiger partial charge in [-0.25, -0.2) is 0 Å². The Labute approximate surface area is 145 Å². The van der Waals surface area contributed by atoms with Crippen molar-refractivity contribution >= 4 is 17.5 Å². The lowest BCUT2D eigenvalue weighted by Crippen LogP contribution is -2.41. The van der Waals surface area contributed by atoms with Gasteiger partial charge in [-0.15, -0.1) is 0 Å². The van der Waals surface area contributed by atoms with Crippen LogP contribution in [0.25, 0.3) is 0 Å². The first-order valence-corrected chi connectivity index (χ1v) is 8.16. The molecule has 2 aromatic rings. The summed E-state index contributed by atoms with van der Waals surface area (Å²) in [6.07, 6.45) is 0.495. The van der Waals surface area contributed by atoms with E-state index >= 15 is 0 Å². The van der Waals surface area contributed by atoms with Crippen molar-refractivity contribution in [1.82, 2.24) is 5.32 Å². The van der Waals surface area contributed by atoms with Gasteiger partial charge in [-0.05, 0) is 29.7 Å². The maximum Gasteiger partial charge on any atom is 0.237 e. The number of hydrogen-bond acceptors (Lipinski definition) is 4. The number of benzene rings is 2. The topological polar surface area (TPSA) is 73.6 Å². The number of ether oxygens (including phenoxy) is 2. The van der Waals surface area contributed by atoms with Gasteiger partial charge in [0.25, 0.3) is 0 Å². The van der Waals surface area contributed by atoms with Crippen LogP contribution in [0.3, 0.4) is 0 Å². The molecule has 1 heterocycles. The highest BCUT2D eigenvalue weighted by atomic mass is 35.5. The number of rotatable bonds is 5. The molecule has 126 valence electrons. The number of nitrogens with one attached hydrogen (secondary N) is 1. The van der Waals surface area contributed by atoms with Crippen molar-refractivity contribution in [2.24, 2.45) is 5.73 Å². The summed E-state index contributed by atoms with van der Waals surface area (Å²) >= 11 is 6.19. The molecule has 1 aliphatic heterocycles. The van der Waals surface area contributed by atoms with E-state index in [2.05, 4.69) is 5.32 Å². The van der Waals surface area contributed by atoms with Gasteiger partial charge in [-0.2, -0.15) is 0 Å². The Balaban J connectivity index is 1.59. The van der Waals surface area contributed by atoms with Crippen LogP contribution in [-0.2, 0) is 17.8 Å². The number of halogens is 1. The van der Waals surface area contributed by atoms with E-state index in [1.165, 1.54) is 0 Å². The van der Waals surface area contributed by atoms with Crippen molar-refractivity contribution in [3.05, 3.63) is 58.6 Å². The number of carbonyl (C=O) groups is 1. The second-order valence-corrected chi connectivity index (χ2v) is 6.02. The quantitative estimate of drug-likeness (QED) is 0.871. The minimum Gasteiger partial charge on any atom is -0.486 e. The Kier molecular flexibility index (Phi) is 5.23. The smallest absolute Gasteiger partial charge is 0.237 e. The Morgan fingerprint density at radius 2 is 1.92 bits per heavy atom. The van der Waals surface area contributed by atoms with E-state index in [1.807, 2.05) is 36.4 Å². The molecule has 6 heteroatoms. The number of hydrogen-bond donors (Lipinski definition) is 2. The third-order valence-electron chi connectivity index (χ3n) is 3.76. The third kappa shape index (κ3) is 3.99. The van der Waals surface area contributed by atoms with Crippen molar-refractivity contribution < 1.29 is 14.3 Å². The van der Waals surface area contributed by atoms with E-state index in [0.29, 0.717) is 42.7 Å². The molecule has 2 aromatic carbocycles. The summed E-state index contributed by atoms with van der Waals surface area (Å²) < 4.78 is 11.0. The van der Waals surface area contributed by atoms with Crippen molar-refractivity contribution in [3.63, 3.8) is 0 Å². The lowest BCUT2D eigenvalue weighted by atomic mass is 10.1. The van der Waals surface area contributed by atoms with E-state index in [1.54, 1.807) is 6.07 Å². The lowest BCUT2D eigenvalue weighted by Gasteiger charge is -2.20. The van der Waals surface area contributed by atoms with Crippen molar-refractivity contribution in [2.45, 2.75) is 19.0 Å². The highest BCUT2D eigenvalue weighted by Crippen LogP contribution is 2.38. The fourth-order valence-corrected chi connectivity index (χ4v) is 2.84.